The highest BCUT2D eigenvalue weighted by Crippen LogP contribution is 1.99. The van der Waals surface area contributed by atoms with Crippen molar-refractivity contribution < 1.29 is 9.59 Å². The number of carbonyl (C=O) groups is 2. The fourth-order valence-corrected chi connectivity index (χ4v) is 2.49. The van der Waals surface area contributed by atoms with Crippen molar-refractivity contribution in [3.05, 3.63) is 0 Å². The number of piperazine rings is 2. The first-order valence-electron chi connectivity index (χ1n) is 7.35. The highest BCUT2D eigenvalue weighted by molar-refractivity contribution is 6.35. The van der Waals surface area contributed by atoms with Crippen LogP contribution >= 0.6 is 0 Å². The van der Waals surface area contributed by atoms with Gasteiger partial charge in [-0.15, -0.1) is 0 Å². The summed E-state index contributed by atoms with van der Waals surface area (Å²) in [5.41, 5.74) is 0. The number of likely N-dealkylation sites (N-methyl/N-ethyl adjacent to an activating group) is 1. The van der Waals surface area contributed by atoms with Crippen LogP contribution in [0, 0.1) is 0 Å². The predicted molar refractivity (Wildman–Crippen MR) is 76.4 cm³/mol. The molecule has 0 aliphatic carbocycles. The van der Waals surface area contributed by atoms with Gasteiger partial charge in [0.15, 0.2) is 0 Å². The third-order valence-corrected chi connectivity index (χ3v) is 3.91. The maximum Gasteiger partial charge on any atom is 0.311 e. The number of nitrogens with one attached hydrogen (secondary N) is 2. The summed E-state index contributed by atoms with van der Waals surface area (Å²) >= 11 is 0. The lowest BCUT2D eigenvalue weighted by molar-refractivity contribution is -0.146. The van der Waals surface area contributed by atoms with Gasteiger partial charge >= 0.3 is 11.8 Å². The molecule has 0 radical (unpaired) electrons. The van der Waals surface area contributed by atoms with Gasteiger partial charge in [0.25, 0.3) is 0 Å². The van der Waals surface area contributed by atoms with E-state index in [4.69, 9.17) is 0 Å². The third-order valence-electron chi connectivity index (χ3n) is 3.91. The van der Waals surface area contributed by atoms with E-state index in [1.54, 1.807) is 4.90 Å². The standard InChI is InChI=1S/C13H25N5O2/c1-16-8-10-18(11-9-16)13(20)12(19)15-4-7-17-5-2-14-3-6-17/h14H,2-11H2,1H3,(H,15,19). The van der Waals surface area contributed by atoms with E-state index in [1.165, 1.54) is 0 Å². The number of carbonyl (C=O) groups excluding carboxylic acids is 2. The Bertz CT molecular complexity index is 336. The highest BCUT2D eigenvalue weighted by atomic mass is 16.2. The zero-order chi connectivity index (χ0) is 14.4. The summed E-state index contributed by atoms with van der Waals surface area (Å²) in [4.78, 5) is 29.9. The van der Waals surface area contributed by atoms with Gasteiger partial charge in [0.05, 0.1) is 0 Å². The summed E-state index contributed by atoms with van der Waals surface area (Å²) in [5, 5.41) is 6.02. The van der Waals surface area contributed by atoms with Crippen LogP contribution < -0.4 is 10.6 Å². The molecule has 2 rings (SSSR count). The summed E-state index contributed by atoms with van der Waals surface area (Å²) < 4.78 is 0. The lowest BCUT2D eigenvalue weighted by Crippen LogP contribution is -2.52. The Morgan fingerprint density at radius 3 is 2.35 bits per heavy atom. The molecule has 20 heavy (non-hydrogen) atoms. The van der Waals surface area contributed by atoms with Crippen molar-refractivity contribution in [2.75, 3.05) is 72.5 Å². The van der Waals surface area contributed by atoms with Crippen molar-refractivity contribution in [3.8, 4) is 0 Å². The molecule has 0 aromatic rings. The van der Waals surface area contributed by atoms with Crippen LogP contribution in [0.15, 0.2) is 0 Å². The first kappa shape index (κ1) is 15.2. The van der Waals surface area contributed by atoms with E-state index < -0.39 is 11.8 Å². The van der Waals surface area contributed by atoms with Crippen molar-refractivity contribution in [3.63, 3.8) is 0 Å². The van der Waals surface area contributed by atoms with Crippen LogP contribution in [0.5, 0.6) is 0 Å². The molecule has 7 nitrogen and oxygen atoms in total. The van der Waals surface area contributed by atoms with Crippen LogP contribution in [0.25, 0.3) is 0 Å². The number of hydrogen-bond donors (Lipinski definition) is 2. The quantitative estimate of drug-likeness (QED) is 0.575. The molecule has 0 aromatic carbocycles. The second-order valence-corrected chi connectivity index (χ2v) is 5.44. The highest BCUT2D eigenvalue weighted by Gasteiger charge is 2.24. The van der Waals surface area contributed by atoms with E-state index in [0.717, 1.165) is 45.8 Å². The van der Waals surface area contributed by atoms with Gasteiger partial charge in [-0.05, 0) is 7.05 Å². The van der Waals surface area contributed by atoms with Gasteiger partial charge in [0.1, 0.15) is 0 Å². The van der Waals surface area contributed by atoms with Gasteiger partial charge in [0, 0.05) is 65.4 Å². The molecule has 2 heterocycles. The summed E-state index contributed by atoms with van der Waals surface area (Å²) in [6.45, 7) is 8.29. The minimum absolute atomic E-state index is 0.390. The molecule has 2 amide bonds. The molecule has 0 saturated carbocycles. The zero-order valence-corrected chi connectivity index (χ0v) is 12.2. The molecule has 0 unspecified atom stereocenters. The third kappa shape index (κ3) is 4.43. The normalized spacial score (nSPS) is 21.8. The second kappa shape index (κ2) is 7.56. The summed E-state index contributed by atoms with van der Waals surface area (Å²) in [5.74, 6) is -0.858. The predicted octanol–water partition coefficient (Wildman–Crippen LogP) is -2.22. The Balaban J connectivity index is 1.64. The summed E-state index contributed by atoms with van der Waals surface area (Å²) in [6.07, 6.45) is 0. The average Bonchev–Trinajstić information content (AvgIpc) is 2.48. The molecule has 0 bridgehead atoms. The molecule has 2 aliphatic rings. The van der Waals surface area contributed by atoms with Crippen LogP contribution in [0.4, 0.5) is 0 Å². The van der Waals surface area contributed by atoms with Crippen LogP contribution in [0.3, 0.4) is 0 Å². The molecular weight excluding hydrogens is 258 g/mol. The van der Waals surface area contributed by atoms with Gasteiger partial charge in [-0.25, -0.2) is 0 Å². The van der Waals surface area contributed by atoms with Gasteiger partial charge in [-0.3, -0.25) is 14.5 Å². The monoisotopic (exact) mass is 283 g/mol. The molecule has 2 N–H and O–H groups in total. The minimum Gasteiger partial charge on any atom is -0.347 e. The van der Waals surface area contributed by atoms with Crippen LogP contribution in [-0.4, -0.2) is 99.0 Å². The zero-order valence-electron chi connectivity index (χ0n) is 12.2. The molecular formula is C13H25N5O2. The molecule has 0 atom stereocenters. The maximum absolute atomic E-state index is 12.0. The lowest BCUT2D eigenvalue weighted by Gasteiger charge is -2.32. The van der Waals surface area contributed by atoms with E-state index in [9.17, 15) is 9.59 Å². The first-order chi connectivity index (χ1) is 9.66. The van der Waals surface area contributed by atoms with Crippen LogP contribution in [-0.2, 0) is 9.59 Å². The molecule has 0 spiro atoms. The minimum atomic E-state index is -0.468. The van der Waals surface area contributed by atoms with Gasteiger partial charge in [0.2, 0.25) is 0 Å². The molecule has 2 aliphatic heterocycles. The van der Waals surface area contributed by atoms with Crippen LogP contribution in [0.1, 0.15) is 0 Å². The van der Waals surface area contributed by atoms with E-state index in [2.05, 4.69) is 20.4 Å². The fourth-order valence-electron chi connectivity index (χ4n) is 2.49. The van der Waals surface area contributed by atoms with Crippen LogP contribution in [0.2, 0.25) is 0 Å². The number of hydrogen-bond acceptors (Lipinski definition) is 5. The number of rotatable bonds is 3. The maximum atomic E-state index is 12.0. The van der Waals surface area contributed by atoms with Crippen molar-refractivity contribution >= 4 is 11.8 Å². The first-order valence-corrected chi connectivity index (χ1v) is 7.35. The van der Waals surface area contributed by atoms with Gasteiger partial charge in [-0.1, -0.05) is 0 Å². The average molecular weight is 283 g/mol. The van der Waals surface area contributed by atoms with Gasteiger partial charge < -0.3 is 20.4 Å². The number of amides is 2. The molecule has 114 valence electrons. The summed E-state index contributed by atoms with van der Waals surface area (Å²) in [7, 11) is 2.02. The smallest absolute Gasteiger partial charge is 0.311 e. The Morgan fingerprint density at radius 2 is 1.70 bits per heavy atom. The Hall–Kier alpha value is -1.18. The van der Waals surface area contributed by atoms with Crippen molar-refractivity contribution in [2.45, 2.75) is 0 Å². The molecule has 7 heteroatoms. The fraction of sp³-hybridized carbons (Fsp3) is 0.846. The molecule has 0 aromatic heterocycles. The van der Waals surface area contributed by atoms with E-state index in [-0.39, 0.29) is 0 Å². The SMILES string of the molecule is CN1CCN(C(=O)C(=O)NCCN2CCNCC2)CC1. The lowest BCUT2D eigenvalue weighted by atomic mass is 10.3. The Morgan fingerprint density at radius 1 is 1.05 bits per heavy atom. The van der Waals surface area contributed by atoms with E-state index in [0.29, 0.717) is 19.6 Å². The summed E-state index contributed by atoms with van der Waals surface area (Å²) in [6, 6.07) is 0. The van der Waals surface area contributed by atoms with Crippen molar-refractivity contribution in [1.29, 1.82) is 0 Å². The largest absolute Gasteiger partial charge is 0.347 e. The van der Waals surface area contributed by atoms with Gasteiger partial charge in [-0.2, -0.15) is 0 Å². The van der Waals surface area contributed by atoms with Crippen molar-refractivity contribution in [2.24, 2.45) is 0 Å². The topological polar surface area (TPSA) is 67.9 Å². The molecule has 2 saturated heterocycles. The molecule has 2 fully saturated rings. The number of nitrogens with zero attached hydrogens (tertiary/aromatic N) is 3. The van der Waals surface area contributed by atoms with E-state index >= 15 is 0 Å². The Labute approximate surface area is 120 Å². The second-order valence-electron chi connectivity index (χ2n) is 5.44. The van der Waals surface area contributed by atoms with E-state index in [1.807, 2.05) is 7.05 Å². The Kier molecular flexibility index (Phi) is 5.75. The van der Waals surface area contributed by atoms with Crippen molar-refractivity contribution in [1.82, 2.24) is 25.3 Å².